The second-order valence-corrected chi connectivity index (χ2v) is 2.20. The molecular weight excluding hydrogens is 268 g/mol. The summed E-state index contributed by atoms with van der Waals surface area (Å²) in [7, 11) is -3.67. The van der Waals surface area contributed by atoms with Crippen LogP contribution in [0, 0.1) is 39.9 Å². The molecule has 1 N–H and O–H groups in total. The Bertz CT molecular complexity index is 98.1. The van der Waals surface area contributed by atoms with Crippen LogP contribution in [-0.2, 0) is 10.1 Å². The van der Waals surface area contributed by atoms with Gasteiger partial charge in [-0.05, 0) is 0 Å². The molecule has 0 radical (unpaired) electrons. The Hall–Kier alpha value is 1.16. The van der Waals surface area contributed by atoms with Crippen molar-refractivity contribution in [2.75, 3.05) is 6.26 Å². The van der Waals surface area contributed by atoms with Crippen molar-refractivity contribution in [3.63, 3.8) is 0 Å². The first-order chi connectivity index (χ1) is 2.00. The van der Waals surface area contributed by atoms with Gasteiger partial charge in [0.1, 0.15) is 0 Å². The Kier molecular flexibility index (Phi) is 11.9. The Morgan fingerprint density at radius 3 is 1.43 bits per heavy atom. The standard InChI is InChI=1S/CH4O3S.FH.Gd/c1-5(2,3)4;;/h1H3,(H,2,3,4);1H;. The predicted octanol–water partition coefficient (Wildman–Crippen LogP) is -0.343. The van der Waals surface area contributed by atoms with E-state index in [1.165, 1.54) is 0 Å². The van der Waals surface area contributed by atoms with E-state index in [0.717, 1.165) is 0 Å². The van der Waals surface area contributed by atoms with Gasteiger partial charge in [0.25, 0.3) is 10.1 Å². The monoisotopic (exact) mass is 274 g/mol. The molecule has 0 amide bonds. The third-order valence-electron chi connectivity index (χ3n) is 0. The van der Waals surface area contributed by atoms with E-state index in [4.69, 9.17) is 4.55 Å². The third-order valence-corrected chi connectivity index (χ3v) is 0. The minimum atomic E-state index is -3.67. The number of hydrogen-bond donors (Lipinski definition) is 1. The van der Waals surface area contributed by atoms with Gasteiger partial charge in [0.05, 0.1) is 6.26 Å². The molecule has 0 atom stereocenters. The van der Waals surface area contributed by atoms with Gasteiger partial charge in [0.2, 0.25) is 0 Å². The van der Waals surface area contributed by atoms with E-state index in [0.29, 0.717) is 6.26 Å². The van der Waals surface area contributed by atoms with Crippen molar-refractivity contribution in [1.29, 1.82) is 0 Å². The first-order valence-corrected chi connectivity index (χ1v) is 2.77. The van der Waals surface area contributed by atoms with Gasteiger partial charge in [-0.1, -0.05) is 0 Å². The third kappa shape index (κ3) is 141. The molecule has 0 aromatic rings. The van der Waals surface area contributed by atoms with E-state index in [-0.39, 0.29) is 44.6 Å². The number of halogens is 1. The van der Waals surface area contributed by atoms with Gasteiger partial charge >= 0.3 is 0 Å². The minimum Gasteiger partial charge on any atom is -0.286 e. The van der Waals surface area contributed by atoms with Crippen LogP contribution in [0.25, 0.3) is 0 Å². The average molecular weight is 273 g/mol. The molecule has 0 fully saturated rings. The summed E-state index contributed by atoms with van der Waals surface area (Å²) in [6.07, 6.45) is 0.715. The molecule has 0 aliphatic rings. The molecule has 0 saturated heterocycles. The molecule has 0 unspecified atom stereocenters. The summed E-state index contributed by atoms with van der Waals surface area (Å²) in [6.45, 7) is 0. The maximum atomic E-state index is 9.19. The van der Waals surface area contributed by atoms with Gasteiger partial charge < -0.3 is 0 Å². The van der Waals surface area contributed by atoms with Crippen molar-refractivity contribution >= 4 is 10.1 Å². The molecule has 0 aromatic heterocycles. The zero-order valence-electron chi connectivity index (χ0n) is 3.43. The predicted molar refractivity (Wildman–Crippen MR) is 20.0 cm³/mol. The Morgan fingerprint density at radius 1 is 1.43 bits per heavy atom. The normalized spacial score (nSPS) is 8.29. The number of hydrogen-bond acceptors (Lipinski definition) is 2. The van der Waals surface area contributed by atoms with E-state index in [1.54, 1.807) is 0 Å². The fourth-order valence-electron chi connectivity index (χ4n) is 0. The van der Waals surface area contributed by atoms with Crippen molar-refractivity contribution in [3.05, 3.63) is 0 Å². The van der Waals surface area contributed by atoms with Crippen LogP contribution in [-0.4, -0.2) is 19.2 Å². The summed E-state index contributed by atoms with van der Waals surface area (Å²) in [5.74, 6) is 0. The van der Waals surface area contributed by atoms with Gasteiger partial charge in [0, 0.05) is 39.9 Å². The molecule has 0 bridgehead atoms. The zero-order chi connectivity index (χ0) is 4.50. The molecule has 6 heteroatoms. The molecule has 0 rings (SSSR count). The minimum absolute atomic E-state index is 0. The molecule has 0 aromatic carbocycles. The fourth-order valence-corrected chi connectivity index (χ4v) is 0. The van der Waals surface area contributed by atoms with Crippen LogP contribution in [0.2, 0.25) is 0 Å². The first kappa shape index (κ1) is 15.7. The van der Waals surface area contributed by atoms with E-state index in [9.17, 15) is 8.42 Å². The van der Waals surface area contributed by atoms with Crippen molar-refractivity contribution in [2.24, 2.45) is 0 Å². The van der Waals surface area contributed by atoms with Gasteiger partial charge in [-0.25, -0.2) is 0 Å². The molecule has 0 aliphatic carbocycles. The largest absolute Gasteiger partial charge is 0.286 e. The average Bonchev–Trinajstić information content (AvgIpc) is 0.722. The molecule has 3 nitrogen and oxygen atoms in total. The van der Waals surface area contributed by atoms with Crippen LogP contribution in [0.1, 0.15) is 0 Å². The molecule has 0 heterocycles. The van der Waals surface area contributed by atoms with Crippen molar-refractivity contribution in [3.8, 4) is 0 Å². The molecule has 0 saturated carbocycles. The Morgan fingerprint density at radius 2 is 1.43 bits per heavy atom. The summed E-state index contributed by atoms with van der Waals surface area (Å²) in [5, 5.41) is 0. The Balaban J connectivity index is -0.0000000800. The molecule has 0 spiro atoms. The second kappa shape index (κ2) is 5.30. The molecule has 0 aliphatic heterocycles. The molecule has 48 valence electrons. The van der Waals surface area contributed by atoms with Crippen molar-refractivity contribution in [1.82, 2.24) is 0 Å². The van der Waals surface area contributed by atoms with Crippen LogP contribution in [0.3, 0.4) is 0 Å². The van der Waals surface area contributed by atoms with Crippen LogP contribution >= 0.6 is 0 Å². The van der Waals surface area contributed by atoms with Gasteiger partial charge in [0.15, 0.2) is 0 Å². The van der Waals surface area contributed by atoms with Crippen LogP contribution in [0.4, 0.5) is 4.70 Å². The van der Waals surface area contributed by atoms with Gasteiger partial charge in [-0.2, -0.15) is 8.42 Å². The van der Waals surface area contributed by atoms with E-state index in [1.807, 2.05) is 0 Å². The maximum absolute atomic E-state index is 9.19. The second-order valence-electron chi connectivity index (χ2n) is 0.733. The van der Waals surface area contributed by atoms with Crippen LogP contribution < -0.4 is 0 Å². The molecular formula is CH5FGdO3S. The summed E-state index contributed by atoms with van der Waals surface area (Å²) in [6, 6.07) is 0. The number of rotatable bonds is 0. The SMILES string of the molecule is CS(=O)(=O)O.F.[Gd]. The van der Waals surface area contributed by atoms with Gasteiger partial charge in [-0.15, -0.1) is 0 Å². The molecule has 7 heavy (non-hydrogen) atoms. The fraction of sp³-hybridized carbons (Fsp3) is 1.00. The first-order valence-electron chi connectivity index (χ1n) is 0.924. The smallest absolute Gasteiger partial charge is 0.261 e. The topological polar surface area (TPSA) is 54.4 Å². The maximum Gasteiger partial charge on any atom is 0.261 e. The van der Waals surface area contributed by atoms with Crippen molar-refractivity contribution in [2.45, 2.75) is 0 Å². The van der Waals surface area contributed by atoms with E-state index in [2.05, 4.69) is 0 Å². The zero-order valence-corrected chi connectivity index (χ0v) is 6.52. The Labute approximate surface area is 73.3 Å². The van der Waals surface area contributed by atoms with E-state index >= 15 is 0 Å². The summed E-state index contributed by atoms with van der Waals surface area (Å²) >= 11 is 0. The van der Waals surface area contributed by atoms with Crippen LogP contribution in [0.15, 0.2) is 0 Å². The summed E-state index contributed by atoms with van der Waals surface area (Å²) in [5.41, 5.74) is 0. The van der Waals surface area contributed by atoms with Gasteiger partial charge in [-0.3, -0.25) is 9.26 Å². The van der Waals surface area contributed by atoms with E-state index < -0.39 is 10.1 Å². The van der Waals surface area contributed by atoms with Crippen LogP contribution in [0.5, 0.6) is 0 Å². The summed E-state index contributed by atoms with van der Waals surface area (Å²) < 4.78 is 25.9. The quantitative estimate of drug-likeness (QED) is 0.614. The summed E-state index contributed by atoms with van der Waals surface area (Å²) in [4.78, 5) is 0. The van der Waals surface area contributed by atoms with Crippen molar-refractivity contribution < 1.29 is 57.6 Å².